The number of aromatic nitrogens is 2. The molecule has 1 aliphatic rings. The Kier molecular flexibility index (Phi) is 3.64. The lowest BCUT2D eigenvalue weighted by atomic mass is 9.96. The summed E-state index contributed by atoms with van der Waals surface area (Å²) in [7, 11) is 0. The molecule has 0 N–H and O–H groups in total. The second kappa shape index (κ2) is 5.48. The van der Waals surface area contributed by atoms with Crippen molar-refractivity contribution in [3.05, 3.63) is 48.3 Å². The smallest absolute Gasteiger partial charge is 0.410 e. The number of nitrogens with zero attached hydrogens (tertiary/aromatic N) is 3. The Morgan fingerprint density at radius 3 is 2.50 bits per heavy atom. The van der Waals surface area contributed by atoms with Crippen molar-refractivity contribution in [1.82, 2.24) is 14.7 Å². The van der Waals surface area contributed by atoms with Crippen LogP contribution in [-0.2, 0) is 4.74 Å². The van der Waals surface area contributed by atoms with E-state index in [-0.39, 0.29) is 6.09 Å². The Morgan fingerprint density at radius 2 is 1.86 bits per heavy atom. The third-order valence-electron chi connectivity index (χ3n) is 3.62. The summed E-state index contributed by atoms with van der Waals surface area (Å²) in [4.78, 5) is 13.7. The van der Waals surface area contributed by atoms with Gasteiger partial charge in [0.25, 0.3) is 0 Å². The van der Waals surface area contributed by atoms with Crippen LogP contribution in [0.25, 0.3) is 5.69 Å². The van der Waals surface area contributed by atoms with Crippen molar-refractivity contribution in [1.29, 1.82) is 0 Å². The fourth-order valence-electron chi connectivity index (χ4n) is 2.55. The second-order valence-electron chi connectivity index (χ2n) is 6.59. The van der Waals surface area contributed by atoms with Gasteiger partial charge in [0.05, 0.1) is 11.4 Å². The van der Waals surface area contributed by atoms with Gasteiger partial charge in [-0.2, -0.15) is 5.10 Å². The maximum absolute atomic E-state index is 12.0. The lowest BCUT2D eigenvalue weighted by Crippen LogP contribution is -2.50. The van der Waals surface area contributed by atoms with E-state index in [2.05, 4.69) is 5.10 Å². The Hall–Kier alpha value is -2.30. The molecule has 0 bridgehead atoms. The summed E-state index contributed by atoms with van der Waals surface area (Å²) < 4.78 is 7.33. The zero-order valence-corrected chi connectivity index (χ0v) is 13.2. The molecule has 1 fully saturated rings. The van der Waals surface area contributed by atoms with Gasteiger partial charge < -0.3 is 9.64 Å². The highest BCUT2D eigenvalue weighted by molar-refractivity contribution is 5.69. The summed E-state index contributed by atoms with van der Waals surface area (Å²) in [5.74, 6) is 0.301. The minimum Gasteiger partial charge on any atom is -0.444 e. The maximum atomic E-state index is 12.0. The first-order chi connectivity index (χ1) is 10.4. The van der Waals surface area contributed by atoms with Crippen molar-refractivity contribution < 1.29 is 9.53 Å². The molecule has 1 amide bonds. The van der Waals surface area contributed by atoms with E-state index in [1.165, 1.54) is 0 Å². The zero-order chi connectivity index (χ0) is 15.7. The van der Waals surface area contributed by atoms with Gasteiger partial charge in [0.2, 0.25) is 0 Å². The van der Waals surface area contributed by atoms with E-state index in [0.717, 1.165) is 11.4 Å². The van der Waals surface area contributed by atoms with Crippen LogP contribution < -0.4 is 0 Å². The van der Waals surface area contributed by atoms with E-state index in [1.807, 2.05) is 61.9 Å². The third kappa shape index (κ3) is 2.98. The first-order valence-corrected chi connectivity index (χ1v) is 7.51. The normalized spacial score (nSPS) is 15.5. The highest BCUT2D eigenvalue weighted by Gasteiger charge is 2.36. The fourth-order valence-corrected chi connectivity index (χ4v) is 2.55. The van der Waals surface area contributed by atoms with E-state index >= 15 is 0 Å². The number of benzene rings is 1. The number of rotatable bonds is 2. The van der Waals surface area contributed by atoms with Crippen LogP contribution >= 0.6 is 0 Å². The zero-order valence-electron chi connectivity index (χ0n) is 13.2. The van der Waals surface area contributed by atoms with Crippen LogP contribution in [0.4, 0.5) is 4.79 Å². The molecule has 2 aromatic rings. The fraction of sp³-hybridized carbons (Fsp3) is 0.412. The SMILES string of the molecule is CC(C)(C)OC(=O)N1CC(c2ccnn2-c2ccccc2)C1. The molecule has 0 spiro atoms. The van der Waals surface area contributed by atoms with Crippen molar-refractivity contribution in [2.45, 2.75) is 32.3 Å². The van der Waals surface area contributed by atoms with Crippen molar-refractivity contribution in [3.63, 3.8) is 0 Å². The molecule has 5 heteroatoms. The molecule has 0 radical (unpaired) electrons. The maximum Gasteiger partial charge on any atom is 0.410 e. The number of para-hydroxylation sites is 1. The highest BCUT2D eigenvalue weighted by atomic mass is 16.6. The first-order valence-electron chi connectivity index (χ1n) is 7.51. The van der Waals surface area contributed by atoms with Crippen LogP contribution in [0.3, 0.4) is 0 Å². The number of carbonyl (C=O) groups is 1. The number of hydrogen-bond acceptors (Lipinski definition) is 3. The number of amides is 1. The van der Waals surface area contributed by atoms with Gasteiger partial charge in [-0.1, -0.05) is 18.2 Å². The molecular formula is C17H21N3O2. The molecule has 5 nitrogen and oxygen atoms in total. The Labute approximate surface area is 130 Å². The van der Waals surface area contributed by atoms with Gasteiger partial charge in [0.1, 0.15) is 5.60 Å². The standard InChI is InChI=1S/C17H21N3O2/c1-17(2,3)22-16(21)19-11-13(12-19)15-9-10-18-20(15)14-7-5-4-6-8-14/h4-10,13H,11-12H2,1-3H3. The monoisotopic (exact) mass is 299 g/mol. The summed E-state index contributed by atoms with van der Waals surface area (Å²) in [6, 6.07) is 12.1. The molecule has 2 heterocycles. The number of carbonyl (C=O) groups excluding carboxylic acids is 1. The van der Waals surface area contributed by atoms with Crippen molar-refractivity contribution in [2.24, 2.45) is 0 Å². The molecule has 0 unspecified atom stereocenters. The second-order valence-corrected chi connectivity index (χ2v) is 6.59. The van der Waals surface area contributed by atoms with Crippen molar-refractivity contribution in [2.75, 3.05) is 13.1 Å². The first kappa shape index (κ1) is 14.6. The average molecular weight is 299 g/mol. The van der Waals surface area contributed by atoms with Gasteiger partial charge in [0.15, 0.2) is 0 Å². The van der Waals surface area contributed by atoms with E-state index < -0.39 is 5.60 Å². The number of ether oxygens (including phenoxy) is 1. The molecule has 3 rings (SSSR count). The quantitative estimate of drug-likeness (QED) is 0.855. The summed E-state index contributed by atoms with van der Waals surface area (Å²) in [5, 5.41) is 4.40. The molecule has 0 atom stereocenters. The van der Waals surface area contributed by atoms with Gasteiger partial charge in [-0.25, -0.2) is 9.48 Å². The Bertz CT molecular complexity index is 652. The van der Waals surface area contributed by atoms with Gasteiger partial charge >= 0.3 is 6.09 Å². The highest BCUT2D eigenvalue weighted by Crippen LogP contribution is 2.29. The number of likely N-dealkylation sites (tertiary alicyclic amines) is 1. The van der Waals surface area contributed by atoms with Gasteiger partial charge in [-0.05, 0) is 39.0 Å². The number of hydrogen-bond donors (Lipinski definition) is 0. The predicted molar refractivity (Wildman–Crippen MR) is 84.1 cm³/mol. The summed E-state index contributed by atoms with van der Waals surface area (Å²) in [5.41, 5.74) is 1.72. The van der Waals surface area contributed by atoms with Crippen LogP contribution in [0, 0.1) is 0 Å². The molecule has 1 saturated heterocycles. The molecule has 1 aromatic carbocycles. The Balaban J connectivity index is 1.67. The van der Waals surface area contributed by atoms with E-state index in [9.17, 15) is 4.79 Å². The molecule has 1 aliphatic heterocycles. The molecular weight excluding hydrogens is 278 g/mol. The van der Waals surface area contributed by atoms with E-state index in [0.29, 0.717) is 19.0 Å². The molecule has 22 heavy (non-hydrogen) atoms. The average Bonchev–Trinajstić information content (AvgIpc) is 2.85. The van der Waals surface area contributed by atoms with E-state index in [1.54, 1.807) is 11.1 Å². The summed E-state index contributed by atoms with van der Waals surface area (Å²) in [6.45, 7) is 6.99. The van der Waals surface area contributed by atoms with Crippen molar-refractivity contribution >= 4 is 6.09 Å². The summed E-state index contributed by atoms with van der Waals surface area (Å²) >= 11 is 0. The molecule has 0 saturated carbocycles. The van der Waals surface area contributed by atoms with Crippen LogP contribution in [0.1, 0.15) is 32.4 Å². The Morgan fingerprint density at radius 1 is 1.18 bits per heavy atom. The van der Waals surface area contributed by atoms with Crippen LogP contribution in [0.2, 0.25) is 0 Å². The molecule has 116 valence electrons. The van der Waals surface area contributed by atoms with Gasteiger partial charge in [-0.3, -0.25) is 0 Å². The van der Waals surface area contributed by atoms with Gasteiger partial charge in [-0.15, -0.1) is 0 Å². The third-order valence-corrected chi connectivity index (χ3v) is 3.62. The molecule has 1 aromatic heterocycles. The minimum atomic E-state index is -0.450. The van der Waals surface area contributed by atoms with Crippen LogP contribution in [-0.4, -0.2) is 39.5 Å². The lowest BCUT2D eigenvalue weighted by molar-refractivity contribution is 0.00769. The van der Waals surface area contributed by atoms with Crippen LogP contribution in [0.15, 0.2) is 42.6 Å². The topological polar surface area (TPSA) is 47.4 Å². The lowest BCUT2D eigenvalue weighted by Gasteiger charge is -2.39. The largest absolute Gasteiger partial charge is 0.444 e. The minimum absolute atomic E-state index is 0.241. The summed E-state index contributed by atoms with van der Waals surface area (Å²) in [6.07, 6.45) is 1.56. The van der Waals surface area contributed by atoms with E-state index in [4.69, 9.17) is 4.74 Å². The molecule has 0 aliphatic carbocycles. The van der Waals surface area contributed by atoms with Crippen LogP contribution in [0.5, 0.6) is 0 Å². The predicted octanol–water partition coefficient (Wildman–Crippen LogP) is 3.21. The van der Waals surface area contributed by atoms with Gasteiger partial charge in [0, 0.05) is 25.2 Å². The van der Waals surface area contributed by atoms with Crippen molar-refractivity contribution in [3.8, 4) is 5.69 Å².